The molecule has 0 radical (unpaired) electrons. The van der Waals surface area contributed by atoms with Crippen molar-refractivity contribution in [3.63, 3.8) is 0 Å². The minimum absolute atomic E-state index is 0.639. The van der Waals surface area contributed by atoms with Gasteiger partial charge in [-0.3, -0.25) is 0 Å². The van der Waals surface area contributed by atoms with Gasteiger partial charge in [0.1, 0.15) is 6.17 Å². The van der Waals surface area contributed by atoms with Gasteiger partial charge in [0.25, 0.3) is 0 Å². The fourth-order valence-corrected chi connectivity index (χ4v) is 7.25. The first-order valence-corrected chi connectivity index (χ1v) is 21.0. The van der Waals surface area contributed by atoms with Gasteiger partial charge >= 0.3 is 0 Å². The zero-order chi connectivity index (χ0) is 31.6. The predicted octanol–water partition coefficient (Wildman–Crippen LogP) is 14.7. The third kappa shape index (κ3) is 25.5. The molecule has 1 atom stereocenters. The lowest BCUT2D eigenvalue weighted by Gasteiger charge is -2.33. The van der Waals surface area contributed by atoms with Crippen molar-refractivity contribution in [1.82, 2.24) is 9.80 Å². The van der Waals surface area contributed by atoms with E-state index in [1.165, 1.54) is 231 Å². The minimum Gasteiger partial charge on any atom is -0.356 e. The maximum atomic E-state index is 2.70. The van der Waals surface area contributed by atoms with Crippen LogP contribution in [0.2, 0.25) is 0 Å². The molecule has 0 N–H and O–H groups in total. The first-order valence-electron chi connectivity index (χ1n) is 21.0. The summed E-state index contributed by atoms with van der Waals surface area (Å²) in [5.41, 5.74) is 0. The van der Waals surface area contributed by atoms with E-state index in [-0.39, 0.29) is 0 Å². The molecular formula is C42H84N2. The molecular weight excluding hydrogens is 532 g/mol. The largest absolute Gasteiger partial charge is 0.356 e. The highest BCUT2D eigenvalue weighted by Crippen LogP contribution is 2.24. The summed E-state index contributed by atoms with van der Waals surface area (Å²) < 4.78 is 0. The van der Waals surface area contributed by atoms with Gasteiger partial charge in [-0.25, -0.2) is 0 Å². The average molecular weight is 617 g/mol. The van der Waals surface area contributed by atoms with Gasteiger partial charge in [-0.05, 0) is 25.7 Å². The third-order valence-corrected chi connectivity index (χ3v) is 10.3. The van der Waals surface area contributed by atoms with E-state index in [9.17, 15) is 0 Å². The Hall–Kier alpha value is -0.660. The minimum atomic E-state index is 0.639. The van der Waals surface area contributed by atoms with Crippen LogP contribution in [0.4, 0.5) is 0 Å². The zero-order valence-corrected chi connectivity index (χ0v) is 31.1. The Morgan fingerprint density at radius 3 is 0.795 bits per heavy atom. The van der Waals surface area contributed by atoms with Crippen LogP contribution < -0.4 is 0 Å². The molecule has 1 aliphatic heterocycles. The molecule has 0 bridgehead atoms. The SMILES string of the molecule is CCCCCCCCCCCCCCCCCCCN1C=CN(CCCCCCCCCCCCCCC)C1CCCCC. The number of rotatable bonds is 36. The van der Waals surface area contributed by atoms with E-state index in [4.69, 9.17) is 0 Å². The molecule has 1 heterocycles. The smallest absolute Gasteiger partial charge is 0.101 e. The maximum Gasteiger partial charge on any atom is 0.101 e. The fraction of sp³-hybridized carbons (Fsp3) is 0.952. The molecule has 2 heteroatoms. The molecule has 0 saturated carbocycles. The second-order valence-electron chi connectivity index (χ2n) is 14.6. The summed E-state index contributed by atoms with van der Waals surface area (Å²) in [6.07, 6.45) is 54.4. The van der Waals surface area contributed by atoms with Crippen molar-refractivity contribution in [2.45, 2.75) is 245 Å². The van der Waals surface area contributed by atoms with Crippen LogP contribution in [0.25, 0.3) is 0 Å². The van der Waals surface area contributed by atoms with Gasteiger partial charge in [0.2, 0.25) is 0 Å². The summed E-state index contributed by atoms with van der Waals surface area (Å²) in [5.74, 6) is 0. The molecule has 0 spiro atoms. The summed E-state index contributed by atoms with van der Waals surface area (Å²) in [5, 5.41) is 0. The third-order valence-electron chi connectivity index (χ3n) is 10.3. The van der Waals surface area contributed by atoms with Crippen LogP contribution >= 0.6 is 0 Å². The van der Waals surface area contributed by atoms with Gasteiger partial charge in [-0.2, -0.15) is 0 Å². The van der Waals surface area contributed by atoms with Crippen LogP contribution in [0.1, 0.15) is 239 Å². The van der Waals surface area contributed by atoms with E-state index in [1.807, 2.05) is 0 Å². The lowest BCUT2D eigenvalue weighted by Crippen LogP contribution is -2.39. The van der Waals surface area contributed by atoms with E-state index in [2.05, 4.69) is 43.0 Å². The predicted molar refractivity (Wildman–Crippen MR) is 200 cm³/mol. The Balaban J connectivity index is 2.01. The lowest BCUT2D eigenvalue weighted by molar-refractivity contribution is 0.135. The Bertz CT molecular complexity index is 572. The van der Waals surface area contributed by atoms with E-state index in [0.29, 0.717) is 6.17 Å². The summed E-state index contributed by atoms with van der Waals surface area (Å²) in [4.78, 5) is 5.39. The van der Waals surface area contributed by atoms with Gasteiger partial charge < -0.3 is 9.80 Å². The highest BCUT2D eigenvalue weighted by atomic mass is 15.4. The van der Waals surface area contributed by atoms with Gasteiger partial charge in [-0.15, -0.1) is 0 Å². The summed E-state index contributed by atoms with van der Waals surface area (Å²) in [7, 11) is 0. The number of hydrogen-bond donors (Lipinski definition) is 0. The molecule has 0 aromatic heterocycles. The summed E-state index contributed by atoms with van der Waals surface area (Å²) in [6.45, 7) is 9.49. The van der Waals surface area contributed by atoms with Crippen molar-refractivity contribution in [1.29, 1.82) is 0 Å². The van der Waals surface area contributed by atoms with Gasteiger partial charge in [0.15, 0.2) is 0 Å². The highest BCUT2D eigenvalue weighted by Gasteiger charge is 2.24. The fourth-order valence-electron chi connectivity index (χ4n) is 7.25. The van der Waals surface area contributed by atoms with Gasteiger partial charge in [0, 0.05) is 25.5 Å². The number of nitrogens with zero attached hydrogens (tertiary/aromatic N) is 2. The van der Waals surface area contributed by atoms with Crippen molar-refractivity contribution in [2.75, 3.05) is 13.1 Å². The molecule has 1 aliphatic rings. The Morgan fingerprint density at radius 2 is 0.523 bits per heavy atom. The normalized spacial score (nSPS) is 14.8. The van der Waals surface area contributed by atoms with Crippen LogP contribution in [-0.2, 0) is 0 Å². The topological polar surface area (TPSA) is 6.48 Å². The van der Waals surface area contributed by atoms with Crippen molar-refractivity contribution in [2.24, 2.45) is 0 Å². The average Bonchev–Trinajstić information content (AvgIpc) is 3.42. The van der Waals surface area contributed by atoms with Gasteiger partial charge in [-0.1, -0.05) is 213 Å². The highest BCUT2D eigenvalue weighted by molar-refractivity contribution is 4.97. The molecule has 1 rings (SSSR count). The van der Waals surface area contributed by atoms with Gasteiger partial charge in [0.05, 0.1) is 0 Å². The molecule has 44 heavy (non-hydrogen) atoms. The standard InChI is InChI=1S/C42H84N2/c1-4-7-10-12-14-16-18-20-21-22-23-25-27-29-31-33-36-39-44-41-40-43(42(44)37-34-9-6-3)38-35-32-30-28-26-24-19-17-15-13-11-8-5-2/h40-42H,4-39H2,1-3H3. The second kappa shape index (κ2) is 33.7. The monoisotopic (exact) mass is 617 g/mol. The van der Waals surface area contributed by atoms with Crippen molar-refractivity contribution >= 4 is 0 Å². The second-order valence-corrected chi connectivity index (χ2v) is 14.6. The number of hydrogen-bond acceptors (Lipinski definition) is 2. The molecule has 0 aromatic rings. The Morgan fingerprint density at radius 1 is 0.295 bits per heavy atom. The molecule has 0 saturated heterocycles. The summed E-state index contributed by atoms with van der Waals surface area (Å²) in [6, 6.07) is 0. The molecule has 0 aliphatic carbocycles. The van der Waals surface area contributed by atoms with Crippen LogP contribution in [0.15, 0.2) is 12.4 Å². The quantitative estimate of drug-likeness (QED) is 0.0646. The lowest BCUT2D eigenvalue weighted by atomic mass is 10.0. The molecule has 2 nitrogen and oxygen atoms in total. The van der Waals surface area contributed by atoms with Crippen molar-refractivity contribution in [3.8, 4) is 0 Å². The molecule has 262 valence electrons. The first kappa shape index (κ1) is 41.4. The van der Waals surface area contributed by atoms with E-state index in [1.54, 1.807) is 0 Å². The molecule has 0 amide bonds. The summed E-state index contributed by atoms with van der Waals surface area (Å²) >= 11 is 0. The Labute approximate surface area is 280 Å². The first-order chi connectivity index (χ1) is 21.8. The molecule has 1 unspecified atom stereocenters. The van der Waals surface area contributed by atoms with Crippen LogP contribution in [0.3, 0.4) is 0 Å². The van der Waals surface area contributed by atoms with Crippen molar-refractivity contribution < 1.29 is 0 Å². The Kier molecular flexibility index (Phi) is 31.7. The van der Waals surface area contributed by atoms with E-state index < -0.39 is 0 Å². The zero-order valence-electron chi connectivity index (χ0n) is 31.1. The van der Waals surface area contributed by atoms with E-state index in [0.717, 1.165) is 0 Å². The molecule has 0 fully saturated rings. The number of unbranched alkanes of at least 4 members (excludes halogenated alkanes) is 30. The molecule has 0 aromatic carbocycles. The van der Waals surface area contributed by atoms with Crippen LogP contribution in [0.5, 0.6) is 0 Å². The van der Waals surface area contributed by atoms with E-state index >= 15 is 0 Å². The maximum absolute atomic E-state index is 2.70. The van der Waals surface area contributed by atoms with Crippen molar-refractivity contribution in [3.05, 3.63) is 12.4 Å². The van der Waals surface area contributed by atoms with Crippen LogP contribution in [-0.4, -0.2) is 29.1 Å². The van der Waals surface area contributed by atoms with Crippen LogP contribution in [0, 0.1) is 0 Å².